The lowest BCUT2D eigenvalue weighted by molar-refractivity contribution is -0.139. The smallest absolute Gasteiger partial charge is 0.420 e. The number of phenolic OH excluding ortho intramolecular Hbond substituents is 2. The molecule has 0 heterocycles. The summed E-state index contributed by atoms with van der Waals surface area (Å²) in [6.07, 6.45) is -4.75. The molecule has 3 N–H and O–H groups in total. The summed E-state index contributed by atoms with van der Waals surface area (Å²) in [5, 5.41) is 28.1. The highest BCUT2D eigenvalue weighted by molar-refractivity contribution is 5.52. The minimum absolute atomic E-state index is 0.169. The first-order chi connectivity index (χ1) is 7.05. The van der Waals surface area contributed by atoms with Gasteiger partial charge in [-0.05, 0) is 19.9 Å². The lowest BCUT2D eigenvalue weighted by Gasteiger charge is -2.21. The summed E-state index contributed by atoms with van der Waals surface area (Å²) in [7, 11) is 0. The van der Waals surface area contributed by atoms with E-state index in [2.05, 4.69) is 0 Å². The van der Waals surface area contributed by atoms with Crippen molar-refractivity contribution in [2.75, 3.05) is 0 Å². The number of phenols is 2. The molecular weight excluding hydrogens is 225 g/mol. The second kappa shape index (κ2) is 3.55. The number of hydrogen-bond donors (Lipinski definition) is 3. The Morgan fingerprint density at radius 2 is 1.31 bits per heavy atom. The summed E-state index contributed by atoms with van der Waals surface area (Å²) in [5.41, 5.74) is -3.04. The predicted octanol–water partition coefficient (Wildman–Crippen LogP) is 2.34. The number of alkyl halides is 3. The highest BCUT2D eigenvalue weighted by Gasteiger charge is 2.36. The molecule has 0 aliphatic carbocycles. The van der Waals surface area contributed by atoms with Crippen LogP contribution in [0.3, 0.4) is 0 Å². The molecule has 3 nitrogen and oxygen atoms in total. The SMILES string of the molecule is CC(C)(O)c1ccc(C(F)(F)F)c(O)c1O. The Bertz CT molecular complexity index is 366. The molecule has 1 aromatic rings. The molecule has 0 bridgehead atoms. The van der Waals surface area contributed by atoms with Crippen molar-refractivity contribution in [2.45, 2.75) is 25.6 Å². The summed E-state index contributed by atoms with van der Waals surface area (Å²) in [6.45, 7) is 2.57. The van der Waals surface area contributed by atoms with E-state index in [1.54, 1.807) is 0 Å². The monoisotopic (exact) mass is 236 g/mol. The maximum Gasteiger partial charge on any atom is 0.420 e. The molecule has 0 amide bonds. The molecule has 0 aromatic heterocycles. The van der Waals surface area contributed by atoms with E-state index in [-0.39, 0.29) is 5.56 Å². The molecule has 0 saturated carbocycles. The van der Waals surface area contributed by atoms with Gasteiger partial charge in [0.05, 0.1) is 5.60 Å². The molecule has 0 fully saturated rings. The maximum atomic E-state index is 12.3. The lowest BCUT2D eigenvalue weighted by Crippen LogP contribution is -2.16. The van der Waals surface area contributed by atoms with Gasteiger partial charge in [-0.2, -0.15) is 13.2 Å². The van der Waals surface area contributed by atoms with Crippen LogP contribution >= 0.6 is 0 Å². The molecule has 0 aliphatic rings. The molecule has 6 heteroatoms. The van der Waals surface area contributed by atoms with E-state index in [1.165, 1.54) is 13.8 Å². The first-order valence-electron chi connectivity index (χ1n) is 4.40. The van der Waals surface area contributed by atoms with E-state index in [0.717, 1.165) is 6.07 Å². The summed E-state index contributed by atoms with van der Waals surface area (Å²) in [4.78, 5) is 0. The van der Waals surface area contributed by atoms with Gasteiger partial charge >= 0.3 is 6.18 Å². The van der Waals surface area contributed by atoms with Crippen molar-refractivity contribution in [3.63, 3.8) is 0 Å². The van der Waals surface area contributed by atoms with Gasteiger partial charge in [0.2, 0.25) is 0 Å². The van der Waals surface area contributed by atoms with Crippen molar-refractivity contribution in [3.05, 3.63) is 23.3 Å². The molecule has 0 radical (unpaired) electrons. The third-order valence-corrected chi connectivity index (χ3v) is 2.12. The zero-order chi connectivity index (χ0) is 12.7. The van der Waals surface area contributed by atoms with Gasteiger partial charge in [-0.25, -0.2) is 0 Å². The molecule has 0 aliphatic heterocycles. The van der Waals surface area contributed by atoms with Crippen molar-refractivity contribution in [2.24, 2.45) is 0 Å². The van der Waals surface area contributed by atoms with Crippen LogP contribution in [0.2, 0.25) is 0 Å². The summed E-state index contributed by atoms with van der Waals surface area (Å²) < 4.78 is 37.0. The van der Waals surface area contributed by atoms with Crippen LogP contribution in [0.25, 0.3) is 0 Å². The second-order valence-corrected chi connectivity index (χ2v) is 3.91. The van der Waals surface area contributed by atoms with Crippen molar-refractivity contribution in [1.82, 2.24) is 0 Å². The number of aromatic hydroxyl groups is 2. The van der Waals surface area contributed by atoms with E-state index in [0.29, 0.717) is 6.07 Å². The average Bonchev–Trinajstić information content (AvgIpc) is 2.05. The summed E-state index contributed by atoms with van der Waals surface area (Å²) in [6, 6.07) is 1.54. The molecule has 0 spiro atoms. The van der Waals surface area contributed by atoms with Gasteiger partial charge in [0, 0.05) is 5.56 Å². The minimum atomic E-state index is -4.75. The van der Waals surface area contributed by atoms with Gasteiger partial charge in [0.1, 0.15) is 5.56 Å². The molecule has 16 heavy (non-hydrogen) atoms. The molecule has 1 aromatic carbocycles. The lowest BCUT2D eigenvalue weighted by atomic mass is 9.95. The summed E-state index contributed by atoms with van der Waals surface area (Å²) >= 11 is 0. The fraction of sp³-hybridized carbons (Fsp3) is 0.400. The number of rotatable bonds is 1. The Kier molecular flexibility index (Phi) is 2.81. The highest BCUT2D eigenvalue weighted by atomic mass is 19.4. The number of hydrogen-bond acceptors (Lipinski definition) is 3. The zero-order valence-corrected chi connectivity index (χ0v) is 8.63. The molecule has 1 rings (SSSR count). The van der Waals surface area contributed by atoms with E-state index in [4.69, 9.17) is 0 Å². The van der Waals surface area contributed by atoms with Crippen molar-refractivity contribution < 1.29 is 28.5 Å². The third kappa shape index (κ3) is 2.21. The average molecular weight is 236 g/mol. The third-order valence-electron chi connectivity index (χ3n) is 2.12. The molecule has 0 saturated heterocycles. The first kappa shape index (κ1) is 12.6. The topological polar surface area (TPSA) is 60.7 Å². The van der Waals surface area contributed by atoms with E-state index in [9.17, 15) is 28.5 Å². The van der Waals surface area contributed by atoms with E-state index in [1.807, 2.05) is 0 Å². The van der Waals surface area contributed by atoms with Gasteiger partial charge < -0.3 is 15.3 Å². The van der Waals surface area contributed by atoms with E-state index >= 15 is 0 Å². The Hall–Kier alpha value is -1.43. The Labute approximate surface area is 89.8 Å². The van der Waals surface area contributed by atoms with Gasteiger partial charge in [0.15, 0.2) is 11.5 Å². The zero-order valence-electron chi connectivity index (χ0n) is 8.63. The number of aliphatic hydroxyl groups is 1. The highest BCUT2D eigenvalue weighted by Crippen LogP contribution is 2.44. The van der Waals surface area contributed by atoms with Gasteiger partial charge in [0.25, 0.3) is 0 Å². The first-order valence-corrected chi connectivity index (χ1v) is 4.40. The van der Waals surface area contributed by atoms with Crippen LogP contribution in [0.15, 0.2) is 12.1 Å². The Morgan fingerprint density at radius 3 is 1.69 bits per heavy atom. The van der Waals surface area contributed by atoms with Crippen LogP contribution in [0.5, 0.6) is 11.5 Å². The maximum absolute atomic E-state index is 12.3. The van der Waals surface area contributed by atoms with Crippen LogP contribution in [-0.4, -0.2) is 15.3 Å². The van der Waals surface area contributed by atoms with E-state index < -0.39 is 28.8 Å². The summed E-state index contributed by atoms with van der Waals surface area (Å²) in [5.74, 6) is -2.23. The predicted molar refractivity (Wildman–Crippen MR) is 50.0 cm³/mol. The van der Waals surface area contributed by atoms with Crippen molar-refractivity contribution in [3.8, 4) is 11.5 Å². The van der Waals surface area contributed by atoms with Crippen LogP contribution < -0.4 is 0 Å². The van der Waals surface area contributed by atoms with Crippen LogP contribution in [0.4, 0.5) is 13.2 Å². The quantitative estimate of drug-likeness (QED) is 0.656. The van der Waals surface area contributed by atoms with Crippen LogP contribution in [0.1, 0.15) is 25.0 Å². The Balaban J connectivity index is 3.41. The normalized spacial score (nSPS) is 12.9. The fourth-order valence-corrected chi connectivity index (χ4v) is 1.30. The second-order valence-electron chi connectivity index (χ2n) is 3.91. The van der Waals surface area contributed by atoms with Crippen molar-refractivity contribution in [1.29, 1.82) is 0 Å². The minimum Gasteiger partial charge on any atom is -0.504 e. The van der Waals surface area contributed by atoms with Crippen LogP contribution in [0, 0.1) is 0 Å². The van der Waals surface area contributed by atoms with Gasteiger partial charge in [-0.3, -0.25) is 0 Å². The molecule has 0 unspecified atom stereocenters. The fourth-order valence-electron chi connectivity index (χ4n) is 1.30. The number of benzene rings is 1. The van der Waals surface area contributed by atoms with Gasteiger partial charge in [-0.1, -0.05) is 6.07 Å². The molecule has 0 atom stereocenters. The number of halogens is 3. The molecular formula is C10H11F3O3. The van der Waals surface area contributed by atoms with Crippen molar-refractivity contribution >= 4 is 0 Å². The van der Waals surface area contributed by atoms with Crippen LogP contribution in [-0.2, 0) is 11.8 Å². The van der Waals surface area contributed by atoms with Gasteiger partial charge in [-0.15, -0.1) is 0 Å². The standard InChI is InChI=1S/C10H11F3O3/c1-9(2,16)5-3-4-6(10(11,12)13)8(15)7(5)14/h3-4,14-16H,1-2H3. The Morgan fingerprint density at radius 1 is 0.938 bits per heavy atom. The largest absolute Gasteiger partial charge is 0.504 e. The molecule has 90 valence electrons.